The highest BCUT2D eigenvalue weighted by molar-refractivity contribution is 9.25. The van der Waals surface area contributed by atoms with Crippen LogP contribution in [0.1, 0.15) is 10.4 Å². The monoisotopic (exact) mass is 388 g/mol. The lowest BCUT2D eigenvalue weighted by atomic mass is 10.1. The zero-order chi connectivity index (χ0) is 10.0. The van der Waals surface area contributed by atoms with Gasteiger partial charge < -0.3 is 0 Å². The molecule has 0 atom stereocenters. The van der Waals surface area contributed by atoms with Gasteiger partial charge in [0.25, 0.3) is 0 Å². The van der Waals surface area contributed by atoms with Crippen molar-refractivity contribution in [3.63, 3.8) is 0 Å². The molecule has 1 aromatic rings. The summed E-state index contributed by atoms with van der Waals surface area (Å²) in [4.78, 5) is 11.5. The van der Waals surface area contributed by atoms with Gasteiger partial charge in [-0.2, -0.15) is 0 Å². The van der Waals surface area contributed by atoms with E-state index in [1.807, 2.05) is 0 Å². The van der Waals surface area contributed by atoms with Crippen molar-refractivity contribution in [3.05, 3.63) is 33.3 Å². The van der Waals surface area contributed by atoms with E-state index in [1.165, 1.54) is 0 Å². The zero-order valence-electron chi connectivity index (χ0n) is 6.23. The van der Waals surface area contributed by atoms with Crippen LogP contribution in [0.2, 0.25) is 5.02 Å². The quantitative estimate of drug-likeness (QED) is 0.540. The highest BCUT2D eigenvalue weighted by atomic mass is 79.9. The van der Waals surface area contributed by atoms with E-state index in [0.29, 0.717) is 10.6 Å². The van der Waals surface area contributed by atoms with Crippen LogP contribution < -0.4 is 0 Å². The molecule has 0 aliphatic rings. The number of carbonyl (C=O) groups is 1. The molecule has 1 rings (SSSR count). The predicted octanol–water partition coefficient (Wildman–Crippen LogP) is 4.40. The zero-order valence-corrected chi connectivity index (χ0v) is 11.7. The summed E-state index contributed by atoms with van der Waals surface area (Å²) < 4.78 is 0.466. The number of hydrogen-bond acceptors (Lipinski definition) is 1. The number of hydrogen-bond donors (Lipinski definition) is 0. The van der Waals surface area contributed by atoms with Crippen LogP contribution in [0.4, 0.5) is 0 Å². The fourth-order valence-electron chi connectivity index (χ4n) is 0.807. The average Bonchev–Trinajstić information content (AvgIpc) is 2.03. The SMILES string of the molecule is O=C(c1ccc(Br)cc1Cl)C(Br)Br. The second-order valence-electron chi connectivity index (χ2n) is 2.29. The number of benzene rings is 1. The Balaban J connectivity index is 3.09. The van der Waals surface area contributed by atoms with Crippen LogP contribution in [0, 0.1) is 0 Å². The lowest BCUT2D eigenvalue weighted by molar-refractivity contribution is 0.101. The summed E-state index contributed by atoms with van der Waals surface area (Å²) in [5, 5.41) is 0.447. The molecule has 5 heteroatoms. The largest absolute Gasteiger partial charge is 0.292 e. The molecule has 0 saturated carbocycles. The van der Waals surface area contributed by atoms with E-state index in [4.69, 9.17) is 11.6 Å². The number of Topliss-reactive ketones (excluding diaryl/α,β-unsaturated/α-hetero) is 1. The fourth-order valence-corrected chi connectivity index (χ4v) is 2.07. The van der Waals surface area contributed by atoms with Crippen molar-refractivity contribution in [1.29, 1.82) is 0 Å². The summed E-state index contributed by atoms with van der Waals surface area (Å²) in [6.45, 7) is 0. The Morgan fingerprint density at radius 3 is 2.46 bits per heavy atom. The normalized spacial score (nSPS) is 10.5. The highest BCUT2D eigenvalue weighted by Gasteiger charge is 2.16. The molecule has 0 bridgehead atoms. The smallest absolute Gasteiger partial charge is 0.188 e. The third kappa shape index (κ3) is 3.05. The van der Waals surface area contributed by atoms with Crippen molar-refractivity contribution < 1.29 is 4.79 Å². The third-order valence-corrected chi connectivity index (χ3v) is 3.03. The molecule has 70 valence electrons. The maximum atomic E-state index is 11.5. The van der Waals surface area contributed by atoms with Crippen molar-refractivity contribution in [3.8, 4) is 0 Å². The molecule has 0 aromatic heterocycles. The number of carbonyl (C=O) groups excluding carboxylic acids is 1. The minimum absolute atomic E-state index is 0.0856. The van der Waals surface area contributed by atoms with Gasteiger partial charge in [-0.25, -0.2) is 0 Å². The van der Waals surface area contributed by atoms with Gasteiger partial charge in [0.05, 0.1) is 5.02 Å². The maximum Gasteiger partial charge on any atom is 0.188 e. The number of rotatable bonds is 2. The molecule has 1 aromatic carbocycles. The molecule has 1 nitrogen and oxygen atoms in total. The standard InChI is InChI=1S/C8H4Br3ClO/c9-4-1-2-5(6(12)3-4)7(13)8(10)11/h1-3,8H. The highest BCUT2D eigenvalue weighted by Crippen LogP contribution is 2.25. The molecule has 0 fully saturated rings. The summed E-state index contributed by atoms with van der Waals surface area (Å²) in [7, 11) is 0. The second-order valence-corrected chi connectivity index (χ2v) is 6.67. The molecule has 0 unspecified atom stereocenters. The Labute approximate surface area is 106 Å². The molecular weight excluding hydrogens is 387 g/mol. The molecule has 0 heterocycles. The predicted molar refractivity (Wildman–Crippen MR) is 65.1 cm³/mol. The first-order valence-corrected chi connectivity index (χ1v) is 6.30. The van der Waals surface area contributed by atoms with Crippen molar-refractivity contribution in [2.24, 2.45) is 0 Å². The van der Waals surface area contributed by atoms with E-state index in [0.717, 1.165) is 4.47 Å². The Morgan fingerprint density at radius 1 is 1.38 bits per heavy atom. The van der Waals surface area contributed by atoms with Gasteiger partial charge in [0.1, 0.15) is 3.74 Å². The van der Waals surface area contributed by atoms with E-state index in [-0.39, 0.29) is 5.78 Å². The molecule has 13 heavy (non-hydrogen) atoms. The molecule has 0 amide bonds. The third-order valence-electron chi connectivity index (χ3n) is 1.39. The van der Waals surface area contributed by atoms with Crippen LogP contribution in [0.15, 0.2) is 22.7 Å². The van der Waals surface area contributed by atoms with Gasteiger partial charge in [-0.05, 0) is 18.2 Å². The molecular formula is C8H4Br3ClO. The van der Waals surface area contributed by atoms with E-state index < -0.39 is 3.74 Å². The Kier molecular flexibility index (Phi) is 4.42. The van der Waals surface area contributed by atoms with Gasteiger partial charge in [0.2, 0.25) is 0 Å². The molecule has 0 saturated heterocycles. The van der Waals surface area contributed by atoms with Gasteiger partial charge >= 0.3 is 0 Å². The van der Waals surface area contributed by atoms with E-state index in [1.54, 1.807) is 18.2 Å². The molecule has 0 aliphatic carbocycles. The number of ketones is 1. The van der Waals surface area contributed by atoms with Crippen LogP contribution in [0.25, 0.3) is 0 Å². The summed E-state index contributed by atoms with van der Waals surface area (Å²) >= 11 is 15.4. The van der Waals surface area contributed by atoms with Gasteiger partial charge in [0, 0.05) is 10.0 Å². The minimum atomic E-state index is -0.390. The van der Waals surface area contributed by atoms with Crippen LogP contribution in [-0.4, -0.2) is 9.52 Å². The molecule has 0 spiro atoms. The van der Waals surface area contributed by atoms with E-state index in [2.05, 4.69) is 47.8 Å². The fraction of sp³-hybridized carbons (Fsp3) is 0.125. The van der Waals surface area contributed by atoms with Gasteiger partial charge in [-0.3, -0.25) is 4.79 Å². The summed E-state index contributed by atoms with van der Waals surface area (Å²) in [6.07, 6.45) is 0. The number of halogens is 4. The van der Waals surface area contributed by atoms with E-state index in [9.17, 15) is 4.79 Å². The minimum Gasteiger partial charge on any atom is -0.292 e. The van der Waals surface area contributed by atoms with Crippen molar-refractivity contribution in [2.75, 3.05) is 0 Å². The van der Waals surface area contributed by atoms with Crippen molar-refractivity contribution in [2.45, 2.75) is 3.74 Å². The summed E-state index contributed by atoms with van der Waals surface area (Å²) in [5.41, 5.74) is 0.503. The van der Waals surface area contributed by atoms with Crippen LogP contribution >= 0.6 is 59.4 Å². The van der Waals surface area contributed by atoms with Gasteiger partial charge in [-0.1, -0.05) is 59.4 Å². The summed E-state index contributed by atoms with van der Waals surface area (Å²) in [6, 6.07) is 5.16. The first kappa shape index (κ1) is 11.7. The van der Waals surface area contributed by atoms with E-state index >= 15 is 0 Å². The lowest BCUT2D eigenvalue weighted by Crippen LogP contribution is -2.07. The Bertz CT molecular complexity index is 338. The van der Waals surface area contributed by atoms with Gasteiger partial charge in [-0.15, -0.1) is 0 Å². The molecule has 0 N–H and O–H groups in total. The number of alkyl halides is 2. The van der Waals surface area contributed by atoms with Crippen LogP contribution in [0.5, 0.6) is 0 Å². The topological polar surface area (TPSA) is 17.1 Å². The first-order valence-electron chi connectivity index (χ1n) is 3.30. The molecule has 0 aliphatic heterocycles. The first-order chi connectivity index (χ1) is 6.02. The maximum absolute atomic E-state index is 11.5. The van der Waals surface area contributed by atoms with Crippen molar-refractivity contribution in [1.82, 2.24) is 0 Å². The van der Waals surface area contributed by atoms with Crippen molar-refractivity contribution >= 4 is 65.2 Å². The van der Waals surface area contributed by atoms with Gasteiger partial charge in [0.15, 0.2) is 5.78 Å². The average molecular weight is 391 g/mol. The second kappa shape index (κ2) is 4.91. The Hall–Kier alpha value is 0.620. The summed E-state index contributed by atoms with van der Waals surface area (Å²) in [5.74, 6) is -0.0856. The van der Waals surface area contributed by atoms with Crippen LogP contribution in [-0.2, 0) is 0 Å². The Morgan fingerprint density at radius 2 is 2.00 bits per heavy atom. The molecule has 0 radical (unpaired) electrons. The lowest BCUT2D eigenvalue weighted by Gasteiger charge is -2.04. The van der Waals surface area contributed by atoms with Crippen LogP contribution in [0.3, 0.4) is 0 Å².